The fourth-order valence-corrected chi connectivity index (χ4v) is 1.69. The van der Waals surface area contributed by atoms with Crippen LogP contribution in [0.15, 0.2) is 36.4 Å². The number of halogens is 3. The Morgan fingerprint density at radius 2 is 1.74 bits per heavy atom. The third-order valence-corrected chi connectivity index (χ3v) is 2.54. The first kappa shape index (κ1) is 13.4. The molecule has 0 aliphatic carbocycles. The number of hydrogen-bond donors (Lipinski definition) is 1. The van der Waals surface area contributed by atoms with Crippen molar-refractivity contribution in [1.82, 2.24) is 0 Å². The van der Waals surface area contributed by atoms with E-state index in [1.54, 1.807) is 0 Å². The van der Waals surface area contributed by atoms with Crippen LogP contribution >= 0.6 is 0 Å². The molecule has 0 fully saturated rings. The summed E-state index contributed by atoms with van der Waals surface area (Å²) in [6.45, 7) is 1.37. The molecule has 19 heavy (non-hydrogen) atoms. The van der Waals surface area contributed by atoms with Gasteiger partial charge in [0.1, 0.15) is 17.4 Å². The van der Waals surface area contributed by atoms with Crippen LogP contribution in [0.1, 0.15) is 18.6 Å². The van der Waals surface area contributed by atoms with E-state index >= 15 is 0 Å². The summed E-state index contributed by atoms with van der Waals surface area (Å²) in [5.41, 5.74) is -0.0776. The maximum atomic E-state index is 13.6. The van der Waals surface area contributed by atoms with E-state index in [1.165, 1.54) is 19.1 Å². The van der Waals surface area contributed by atoms with Gasteiger partial charge in [0.15, 0.2) is 11.6 Å². The largest absolute Gasteiger partial charge is 0.454 e. The summed E-state index contributed by atoms with van der Waals surface area (Å²) < 4.78 is 45.0. The minimum absolute atomic E-state index is 0.0134. The van der Waals surface area contributed by atoms with Gasteiger partial charge in [-0.05, 0) is 31.2 Å². The van der Waals surface area contributed by atoms with Gasteiger partial charge in [-0.25, -0.2) is 13.2 Å². The molecule has 0 spiro atoms. The Labute approximate surface area is 108 Å². The van der Waals surface area contributed by atoms with Gasteiger partial charge in [-0.3, -0.25) is 0 Å². The zero-order valence-corrected chi connectivity index (χ0v) is 10.0. The first-order valence-corrected chi connectivity index (χ1v) is 5.58. The van der Waals surface area contributed by atoms with Crippen LogP contribution in [0.25, 0.3) is 0 Å². The quantitative estimate of drug-likeness (QED) is 0.913. The van der Waals surface area contributed by atoms with Crippen molar-refractivity contribution in [2.45, 2.75) is 13.0 Å². The van der Waals surface area contributed by atoms with E-state index in [1.807, 2.05) is 0 Å². The van der Waals surface area contributed by atoms with E-state index < -0.39 is 23.6 Å². The summed E-state index contributed by atoms with van der Waals surface area (Å²) in [5.74, 6) is -2.55. The molecule has 5 heteroatoms. The second kappa shape index (κ2) is 5.32. The summed E-state index contributed by atoms with van der Waals surface area (Å²) in [6.07, 6.45) is -1.11. The van der Waals surface area contributed by atoms with Crippen molar-refractivity contribution >= 4 is 0 Å². The average Bonchev–Trinajstić information content (AvgIpc) is 2.32. The van der Waals surface area contributed by atoms with Crippen molar-refractivity contribution in [1.29, 1.82) is 0 Å². The Bertz CT molecular complexity index is 597. The number of aliphatic hydroxyl groups is 1. The van der Waals surface area contributed by atoms with Gasteiger partial charge in [0, 0.05) is 6.07 Å². The molecular weight excluding hydrogens is 257 g/mol. The Hall–Kier alpha value is -2.01. The lowest BCUT2D eigenvalue weighted by Gasteiger charge is -2.14. The minimum Gasteiger partial charge on any atom is -0.454 e. The molecule has 0 saturated heterocycles. The molecule has 2 aromatic carbocycles. The summed E-state index contributed by atoms with van der Waals surface area (Å²) in [7, 11) is 0. The van der Waals surface area contributed by atoms with Crippen molar-refractivity contribution in [2.75, 3.05) is 0 Å². The van der Waals surface area contributed by atoms with Gasteiger partial charge in [0.25, 0.3) is 0 Å². The Morgan fingerprint density at radius 1 is 1.00 bits per heavy atom. The number of aliphatic hydroxyl groups excluding tert-OH is 1. The number of benzene rings is 2. The van der Waals surface area contributed by atoms with Gasteiger partial charge in [-0.1, -0.05) is 6.07 Å². The maximum absolute atomic E-state index is 13.6. The van der Waals surface area contributed by atoms with Crippen LogP contribution in [0.3, 0.4) is 0 Å². The molecule has 0 amide bonds. The predicted octanol–water partition coefficient (Wildman–Crippen LogP) is 3.95. The predicted molar refractivity (Wildman–Crippen MR) is 63.5 cm³/mol. The molecule has 0 unspecified atom stereocenters. The van der Waals surface area contributed by atoms with E-state index in [0.717, 1.165) is 18.2 Å². The van der Waals surface area contributed by atoms with Gasteiger partial charge in [0.2, 0.25) is 0 Å². The standard InChI is InChI=1S/C14H11F3O2/c1-8(18)14-10(16)3-2-4-13(14)19-12-6-5-9(15)7-11(12)17/h2-8,18H,1H3/t8-/m0/s1. The first-order chi connectivity index (χ1) is 8.99. The number of ether oxygens (including phenoxy) is 1. The lowest BCUT2D eigenvalue weighted by Crippen LogP contribution is -2.00. The molecule has 0 saturated carbocycles. The first-order valence-electron chi connectivity index (χ1n) is 5.58. The minimum atomic E-state index is -1.11. The highest BCUT2D eigenvalue weighted by Gasteiger charge is 2.16. The van der Waals surface area contributed by atoms with Crippen LogP contribution in [0.5, 0.6) is 11.5 Å². The van der Waals surface area contributed by atoms with Crippen molar-refractivity contribution in [2.24, 2.45) is 0 Å². The van der Waals surface area contributed by atoms with Crippen LogP contribution in [-0.2, 0) is 0 Å². The summed E-state index contributed by atoms with van der Waals surface area (Å²) in [6, 6.07) is 6.72. The van der Waals surface area contributed by atoms with Crippen molar-refractivity contribution in [3.8, 4) is 11.5 Å². The maximum Gasteiger partial charge on any atom is 0.168 e. The number of rotatable bonds is 3. The molecule has 0 aliphatic heterocycles. The zero-order chi connectivity index (χ0) is 14.0. The molecule has 1 atom stereocenters. The van der Waals surface area contributed by atoms with E-state index in [0.29, 0.717) is 6.07 Å². The summed E-state index contributed by atoms with van der Waals surface area (Å²) in [4.78, 5) is 0. The topological polar surface area (TPSA) is 29.5 Å². The molecule has 0 bridgehead atoms. The Kier molecular flexibility index (Phi) is 3.76. The van der Waals surface area contributed by atoms with Crippen molar-refractivity contribution in [3.63, 3.8) is 0 Å². The second-order valence-electron chi connectivity index (χ2n) is 4.00. The fraction of sp³-hybridized carbons (Fsp3) is 0.143. The van der Waals surface area contributed by atoms with E-state index in [2.05, 4.69) is 0 Å². The van der Waals surface area contributed by atoms with Gasteiger partial charge in [-0.15, -0.1) is 0 Å². The molecule has 0 radical (unpaired) electrons. The van der Waals surface area contributed by atoms with Crippen LogP contribution in [0.2, 0.25) is 0 Å². The zero-order valence-electron chi connectivity index (χ0n) is 10.0. The Morgan fingerprint density at radius 3 is 2.37 bits per heavy atom. The van der Waals surface area contributed by atoms with Gasteiger partial charge < -0.3 is 9.84 Å². The van der Waals surface area contributed by atoms with E-state index in [-0.39, 0.29) is 17.1 Å². The van der Waals surface area contributed by atoms with Crippen LogP contribution in [0.4, 0.5) is 13.2 Å². The van der Waals surface area contributed by atoms with Crippen molar-refractivity contribution < 1.29 is 23.0 Å². The molecule has 2 aromatic rings. The third-order valence-electron chi connectivity index (χ3n) is 2.54. The van der Waals surface area contributed by atoms with Crippen LogP contribution in [0, 0.1) is 17.5 Å². The average molecular weight is 268 g/mol. The number of hydrogen-bond acceptors (Lipinski definition) is 2. The smallest absolute Gasteiger partial charge is 0.168 e. The molecule has 2 nitrogen and oxygen atoms in total. The van der Waals surface area contributed by atoms with Crippen LogP contribution in [-0.4, -0.2) is 5.11 Å². The lowest BCUT2D eigenvalue weighted by molar-refractivity contribution is 0.190. The molecule has 0 aliphatic rings. The van der Waals surface area contributed by atoms with E-state index in [4.69, 9.17) is 4.74 Å². The van der Waals surface area contributed by atoms with Gasteiger partial charge >= 0.3 is 0 Å². The molecule has 2 rings (SSSR count). The summed E-state index contributed by atoms with van der Waals surface area (Å²) >= 11 is 0. The molecule has 1 N–H and O–H groups in total. The van der Waals surface area contributed by atoms with Crippen LogP contribution < -0.4 is 4.74 Å². The molecule has 100 valence electrons. The lowest BCUT2D eigenvalue weighted by atomic mass is 10.1. The fourth-order valence-electron chi connectivity index (χ4n) is 1.69. The third kappa shape index (κ3) is 2.88. The highest BCUT2D eigenvalue weighted by molar-refractivity contribution is 5.40. The highest BCUT2D eigenvalue weighted by Crippen LogP contribution is 2.32. The monoisotopic (exact) mass is 268 g/mol. The van der Waals surface area contributed by atoms with Gasteiger partial charge in [0.05, 0.1) is 11.7 Å². The highest BCUT2D eigenvalue weighted by atomic mass is 19.1. The SMILES string of the molecule is C[C@H](O)c1c(F)cccc1Oc1ccc(F)cc1F. The second-order valence-corrected chi connectivity index (χ2v) is 4.00. The van der Waals surface area contributed by atoms with E-state index in [9.17, 15) is 18.3 Å². The van der Waals surface area contributed by atoms with Gasteiger partial charge in [-0.2, -0.15) is 0 Å². The van der Waals surface area contributed by atoms with Crippen molar-refractivity contribution in [3.05, 3.63) is 59.4 Å². The Balaban J connectivity index is 2.41. The molecule has 0 heterocycles. The summed E-state index contributed by atoms with van der Waals surface area (Å²) in [5, 5.41) is 9.50. The molecule has 0 aromatic heterocycles. The normalized spacial score (nSPS) is 12.3. The molecular formula is C14H11F3O2.